The molecule has 0 bridgehead atoms. The zero-order valence-corrected chi connectivity index (χ0v) is 15.9. The topological polar surface area (TPSA) is 104 Å². The number of ether oxygens (including phenoxy) is 1. The van der Waals surface area contributed by atoms with Crippen molar-refractivity contribution in [2.75, 3.05) is 26.7 Å². The fourth-order valence-electron chi connectivity index (χ4n) is 2.62. The van der Waals surface area contributed by atoms with Crippen molar-refractivity contribution in [2.24, 2.45) is 0 Å². The second-order valence-electron chi connectivity index (χ2n) is 6.48. The summed E-state index contributed by atoms with van der Waals surface area (Å²) >= 11 is 0. The van der Waals surface area contributed by atoms with Gasteiger partial charge in [0.1, 0.15) is 0 Å². The van der Waals surface area contributed by atoms with Crippen LogP contribution in [0.3, 0.4) is 0 Å². The summed E-state index contributed by atoms with van der Waals surface area (Å²) in [4.78, 5) is 25.1. The molecule has 1 aliphatic rings. The van der Waals surface area contributed by atoms with E-state index >= 15 is 0 Å². The van der Waals surface area contributed by atoms with Gasteiger partial charge in [-0.15, -0.1) is 0 Å². The van der Waals surface area contributed by atoms with E-state index in [1.807, 2.05) is 0 Å². The van der Waals surface area contributed by atoms with Crippen molar-refractivity contribution < 1.29 is 27.9 Å². The van der Waals surface area contributed by atoms with E-state index in [9.17, 15) is 18.0 Å². The summed E-state index contributed by atoms with van der Waals surface area (Å²) < 4.78 is 31.5. The quantitative estimate of drug-likeness (QED) is 0.786. The lowest BCUT2D eigenvalue weighted by atomic mass is 10.1. The van der Waals surface area contributed by atoms with E-state index in [4.69, 9.17) is 9.84 Å². The zero-order valence-electron chi connectivity index (χ0n) is 15.1. The van der Waals surface area contributed by atoms with E-state index in [2.05, 4.69) is 0 Å². The van der Waals surface area contributed by atoms with Crippen molar-refractivity contribution in [3.05, 3.63) is 29.8 Å². The number of carbonyl (C=O) groups is 2. The van der Waals surface area contributed by atoms with Gasteiger partial charge in [-0.2, -0.15) is 4.31 Å². The first-order valence-electron chi connectivity index (χ1n) is 8.33. The van der Waals surface area contributed by atoms with Gasteiger partial charge < -0.3 is 14.7 Å². The van der Waals surface area contributed by atoms with Crippen molar-refractivity contribution in [3.8, 4) is 0 Å². The lowest BCUT2D eigenvalue weighted by Crippen LogP contribution is -2.46. The van der Waals surface area contributed by atoms with Crippen LogP contribution < -0.4 is 0 Å². The van der Waals surface area contributed by atoms with Gasteiger partial charge in [0.2, 0.25) is 10.0 Å². The van der Waals surface area contributed by atoms with Crippen molar-refractivity contribution in [1.29, 1.82) is 0 Å². The molecule has 8 nitrogen and oxygen atoms in total. The number of nitrogens with zero attached hydrogens (tertiary/aromatic N) is 2. The maximum Gasteiger partial charge on any atom is 0.306 e. The minimum Gasteiger partial charge on any atom is -0.481 e. The van der Waals surface area contributed by atoms with Gasteiger partial charge in [0.05, 0.1) is 24.0 Å². The first kappa shape index (κ1) is 20.3. The van der Waals surface area contributed by atoms with Crippen LogP contribution in [0, 0.1) is 0 Å². The molecular formula is C17H24N2O6S. The highest BCUT2D eigenvalue weighted by atomic mass is 32.2. The molecule has 1 aromatic carbocycles. The first-order valence-corrected chi connectivity index (χ1v) is 9.77. The minimum atomic E-state index is -3.60. The molecule has 0 aromatic heterocycles. The van der Waals surface area contributed by atoms with Gasteiger partial charge in [-0.1, -0.05) is 0 Å². The van der Waals surface area contributed by atoms with Crippen LogP contribution in [0.15, 0.2) is 29.2 Å². The molecule has 1 N–H and O–H groups in total. The molecule has 1 heterocycles. The molecule has 0 radical (unpaired) electrons. The van der Waals surface area contributed by atoms with E-state index in [0.29, 0.717) is 12.1 Å². The molecule has 26 heavy (non-hydrogen) atoms. The Labute approximate surface area is 153 Å². The predicted molar refractivity (Wildman–Crippen MR) is 94.4 cm³/mol. The average Bonchev–Trinajstić information content (AvgIpc) is 2.60. The van der Waals surface area contributed by atoms with Crippen molar-refractivity contribution >= 4 is 21.9 Å². The number of carboxylic acid groups (broad SMARTS) is 1. The SMILES string of the molecule is CC(C)N(C)S(=O)(=O)c1ccc(C(=O)N2CCOC(CC(=O)O)C2)cc1. The Bertz CT molecular complexity index is 760. The molecule has 0 spiro atoms. The zero-order chi connectivity index (χ0) is 19.5. The molecule has 1 atom stereocenters. The lowest BCUT2D eigenvalue weighted by Gasteiger charge is -2.32. The van der Waals surface area contributed by atoms with Gasteiger partial charge in [-0.25, -0.2) is 8.42 Å². The maximum atomic E-state index is 12.6. The number of morpholine rings is 1. The fourth-order valence-corrected chi connectivity index (χ4v) is 3.99. The third-order valence-electron chi connectivity index (χ3n) is 4.33. The van der Waals surface area contributed by atoms with Crippen LogP contribution in [0.4, 0.5) is 0 Å². The predicted octanol–water partition coefficient (Wildman–Crippen LogP) is 1.03. The van der Waals surface area contributed by atoms with Crippen LogP contribution in [-0.4, -0.2) is 73.5 Å². The number of hydrogen-bond acceptors (Lipinski definition) is 5. The lowest BCUT2D eigenvalue weighted by molar-refractivity contribution is -0.141. The van der Waals surface area contributed by atoms with Crippen LogP contribution in [0.25, 0.3) is 0 Å². The van der Waals surface area contributed by atoms with Crippen LogP contribution in [-0.2, 0) is 19.6 Å². The Morgan fingerprint density at radius 1 is 1.31 bits per heavy atom. The average molecular weight is 384 g/mol. The van der Waals surface area contributed by atoms with E-state index in [0.717, 1.165) is 0 Å². The van der Waals surface area contributed by atoms with E-state index in [1.54, 1.807) is 13.8 Å². The van der Waals surface area contributed by atoms with Crippen LogP contribution >= 0.6 is 0 Å². The number of carbonyl (C=O) groups excluding carboxylic acids is 1. The van der Waals surface area contributed by atoms with Gasteiger partial charge in [0.15, 0.2) is 0 Å². The number of rotatable bonds is 6. The number of hydrogen-bond donors (Lipinski definition) is 1. The number of carboxylic acids is 1. The van der Waals surface area contributed by atoms with Crippen LogP contribution in [0.1, 0.15) is 30.6 Å². The van der Waals surface area contributed by atoms with Crippen molar-refractivity contribution in [2.45, 2.75) is 37.3 Å². The van der Waals surface area contributed by atoms with Gasteiger partial charge in [-0.05, 0) is 38.1 Å². The number of benzene rings is 1. The molecule has 0 aliphatic carbocycles. The normalized spacial score (nSPS) is 18.3. The minimum absolute atomic E-state index is 0.121. The molecule has 0 saturated carbocycles. The highest BCUT2D eigenvalue weighted by Crippen LogP contribution is 2.19. The molecule has 1 saturated heterocycles. The Morgan fingerprint density at radius 2 is 1.92 bits per heavy atom. The third kappa shape index (κ3) is 4.60. The summed E-state index contributed by atoms with van der Waals surface area (Å²) in [5.41, 5.74) is 0.354. The second kappa shape index (κ2) is 8.15. The smallest absolute Gasteiger partial charge is 0.306 e. The summed E-state index contributed by atoms with van der Waals surface area (Å²) in [6.07, 6.45) is -0.702. The fraction of sp³-hybridized carbons (Fsp3) is 0.529. The summed E-state index contributed by atoms with van der Waals surface area (Å²) in [6, 6.07) is 5.60. The Morgan fingerprint density at radius 3 is 2.46 bits per heavy atom. The van der Waals surface area contributed by atoms with E-state index < -0.39 is 22.1 Å². The van der Waals surface area contributed by atoms with Crippen molar-refractivity contribution in [1.82, 2.24) is 9.21 Å². The Kier molecular flexibility index (Phi) is 6.38. The van der Waals surface area contributed by atoms with Gasteiger partial charge in [0.25, 0.3) is 5.91 Å². The van der Waals surface area contributed by atoms with Crippen LogP contribution in [0.2, 0.25) is 0 Å². The molecule has 1 aromatic rings. The standard InChI is InChI=1S/C17H24N2O6S/c1-12(2)18(3)26(23,24)15-6-4-13(5-7-15)17(22)19-8-9-25-14(11-19)10-16(20)21/h4-7,12,14H,8-11H2,1-3H3,(H,20,21). The van der Waals surface area contributed by atoms with E-state index in [-0.39, 0.29) is 36.4 Å². The number of aliphatic carboxylic acids is 1. The Balaban J connectivity index is 2.12. The molecule has 9 heteroatoms. The number of amides is 1. The summed E-state index contributed by atoms with van der Waals surface area (Å²) in [5.74, 6) is -1.25. The molecule has 1 amide bonds. The highest BCUT2D eigenvalue weighted by molar-refractivity contribution is 7.89. The monoisotopic (exact) mass is 384 g/mol. The first-order chi connectivity index (χ1) is 12.1. The van der Waals surface area contributed by atoms with Gasteiger partial charge >= 0.3 is 5.97 Å². The summed E-state index contributed by atoms with van der Waals surface area (Å²) in [7, 11) is -2.10. The van der Waals surface area contributed by atoms with Gasteiger partial charge in [0, 0.05) is 31.7 Å². The number of sulfonamides is 1. The van der Waals surface area contributed by atoms with E-state index in [1.165, 1.54) is 40.5 Å². The summed E-state index contributed by atoms with van der Waals surface area (Å²) in [5, 5.41) is 8.85. The maximum absolute atomic E-state index is 12.6. The molecule has 1 aliphatic heterocycles. The molecule has 1 unspecified atom stereocenters. The highest BCUT2D eigenvalue weighted by Gasteiger charge is 2.27. The van der Waals surface area contributed by atoms with Gasteiger partial charge in [-0.3, -0.25) is 9.59 Å². The molecule has 2 rings (SSSR count). The Hall–Kier alpha value is -1.97. The second-order valence-corrected chi connectivity index (χ2v) is 8.48. The molecule has 1 fully saturated rings. The third-order valence-corrected chi connectivity index (χ3v) is 6.38. The molecular weight excluding hydrogens is 360 g/mol. The largest absolute Gasteiger partial charge is 0.481 e. The summed E-state index contributed by atoms with van der Waals surface area (Å²) in [6.45, 7) is 4.39. The van der Waals surface area contributed by atoms with Crippen LogP contribution in [0.5, 0.6) is 0 Å². The molecule has 144 valence electrons. The van der Waals surface area contributed by atoms with Crippen molar-refractivity contribution in [3.63, 3.8) is 0 Å².